The van der Waals surface area contributed by atoms with Crippen LogP contribution in [0, 0.1) is 29.1 Å². The van der Waals surface area contributed by atoms with Crippen molar-refractivity contribution in [2.75, 3.05) is 24.6 Å². The first-order valence-corrected chi connectivity index (χ1v) is 4.82. The lowest BCUT2D eigenvalue weighted by atomic mass is 10.2. The van der Waals surface area contributed by atoms with E-state index in [0.717, 1.165) is 4.90 Å². The molecule has 1 aromatic carbocycles. The lowest BCUT2D eigenvalue weighted by Crippen LogP contribution is -2.29. The highest BCUT2D eigenvalue weighted by molar-refractivity contribution is 5.50. The van der Waals surface area contributed by atoms with E-state index < -0.39 is 41.4 Å². The molecule has 0 unspecified atom stereocenters. The third-order valence-electron chi connectivity index (χ3n) is 2.25. The molecule has 0 aliphatic carbocycles. The summed E-state index contributed by atoms with van der Waals surface area (Å²) in [5.74, 6) is -9.96. The number of rotatable bonds is 4. The average molecular weight is 255 g/mol. The topological polar surface area (TPSA) is 23.5 Å². The first kappa shape index (κ1) is 13.7. The number of aliphatic hydroxyl groups is 1. The van der Waals surface area contributed by atoms with Crippen LogP contribution in [0.2, 0.25) is 0 Å². The largest absolute Gasteiger partial charge is 0.395 e. The zero-order valence-corrected chi connectivity index (χ0v) is 8.91. The Balaban J connectivity index is 3.41. The Morgan fingerprint density at radius 1 is 0.882 bits per heavy atom. The van der Waals surface area contributed by atoms with Crippen LogP contribution in [0.15, 0.2) is 0 Å². The molecule has 1 aromatic rings. The molecule has 0 saturated heterocycles. The summed E-state index contributed by atoms with van der Waals surface area (Å²) in [5, 5.41) is 8.66. The molecule has 0 spiro atoms. The minimum absolute atomic E-state index is 0.00108. The Morgan fingerprint density at radius 3 is 1.65 bits per heavy atom. The van der Waals surface area contributed by atoms with E-state index in [1.165, 1.54) is 6.92 Å². The van der Waals surface area contributed by atoms with E-state index in [1.54, 1.807) is 0 Å². The molecule has 1 N–H and O–H groups in total. The van der Waals surface area contributed by atoms with Crippen molar-refractivity contribution in [2.24, 2.45) is 0 Å². The maximum absolute atomic E-state index is 13.3. The van der Waals surface area contributed by atoms with Gasteiger partial charge in [0.05, 0.1) is 6.61 Å². The second-order valence-electron chi connectivity index (χ2n) is 3.22. The molecule has 2 nitrogen and oxygen atoms in total. The Morgan fingerprint density at radius 2 is 1.29 bits per heavy atom. The Hall–Kier alpha value is -1.37. The lowest BCUT2D eigenvalue weighted by Gasteiger charge is -2.23. The zero-order chi connectivity index (χ0) is 13.2. The summed E-state index contributed by atoms with van der Waals surface area (Å²) in [6.45, 7) is 0.773. The highest BCUT2D eigenvalue weighted by Gasteiger charge is 2.28. The molecule has 0 bridgehead atoms. The molecule has 0 aliphatic heterocycles. The van der Waals surface area contributed by atoms with Gasteiger partial charge in [-0.2, -0.15) is 0 Å². The van der Waals surface area contributed by atoms with Crippen molar-refractivity contribution in [1.82, 2.24) is 0 Å². The predicted molar refractivity (Wildman–Crippen MR) is 51.2 cm³/mol. The molecule has 0 atom stereocenters. The predicted octanol–water partition coefficient (Wildman–Crippen LogP) is 2.20. The molecule has 0 radical (unpaired) electrons. The van der Waals surface area contributed by atoms with Crippen LogP contribution >= 0.6 is 0 Å². The highest BCUT2D eigenvalue weighted by atomic mass is 19.2. The van der Waals surface area contributed by atoms with Crippen molar-refractivity contribution < 1.29 is 27.1 Å². The third kappa shape index (κ3) is 2.33. The first-order chi connectivity index (χ1) is 7.95. The van der Waals surface area contributed by atoms with Crippen LogP contribution in [0.25, 0.3) is 0 Å². The van der Waals surface area contributed by atoms with Gasteiger partial charge in [-0.25, -0.2) is 22.0 Å². The van der Waals surface area contributed by atoms with Gasteiger partial charge in [0, 0.05) is 13.1 Å². The number of likely N-dealkylation sites (N-methyl/N-ethyl adjacent to an activating group) is 1. The van der Waals surface area contributed by atoms with E-state index in [2.05, 4.69) is 0 Å². The minimum Gasteiger partial charge on any atom is -0.395 e. The van der Waals surface area contributed by atoms with Gasteiger partial charge in [0.2, 0.25) is 5.82 Å². The van der Waals surface area contributed by atoms with Crippen LogP contribution in [0.3, 0.4) is 0 Å². The highest BCUT2D eigenvalue weighted by Crippen LogP contribution is 2.29. The van der Waals surface area contributed by atoms with Crippen molar-refractivity contribution in [1.29, 1.82) is 0 Å². The average Bonchev–Trinajstić information content (AvgIpc) is 2.33. The first-order valence-electron chi connectivity index (χ1n) is 4.82. The second kappa shape index (κ2) is 5.31. The fraction of sp³-hybridized carbons (Fsp3) is 0.400. The molecule has 0 aliphatic rings. The molecule has 7 heteroatoms. The van der Waals surface area contributed by atoms with Crippen molar-refractivity contribution >= 4 is 5.69 Å². The Bertz CT molecular complexity index is 395. The molecular weight excluding hydrogens is 245 g/mol. The smallest absolute Gasteiger partial charge is 0.200 e. The molecule has 0 heterocycles. The van der Waals surface area contributed by atoms with Crippen molar-refractivity contribution in [3.05, 3.63) is 29.1 Å². The van der Waals surface area contributed by atoms with Gasteiger partial charge >= 0.3 is 0 Å². The number of aliphatic hydroxyl groups excluding tert-OH is 1. The number of halogens is 5. The van der Waals surface area contributed by atoms with E-state index in [1.807, 2.05) is 0 Å². The maximum Gasteiger partial charge on any atom is 0.200 e. The molecule has 96 valence electrons. The fourth-order valence-corrected chi connectivity index (χ4v) is 1.42. The van der Waals surface area contributed by atoms with Gasteiger partial charge in [-0.3, -0.25) is 0 Å². The van der Waals surface area contributed by atoms with Gasteiger partial charge in [-0.05, 0) is 6.92 Å². The van der Waals surface area contributed by atoms with Crippen molar-refractivity contribution in [3.8, 4) is 0 Å². The van der Waals surface area contributed by atoms with E-state index in [4.69, 9.17) is 5.11 Å². The van der Waals surface area contributed by atoms with E-state index in [-0.39, 0.29) is 13.1 Å². The number of benzene rings is 1. The van der Waals surface area contributed by atoms with E-state index in [0.29, 0.717) is 0 Å². The maximum atomic E-state index is 13.3. The third-order valence-corrected chi connectivity index (χ3v) is 2.25. The number of hydrogen-bond donors (Lipinski definition) is 1. The zero-order valence-electron chi connectivity index (χ0n) is 8.91. The van der Waals surface area contributed by atoms with Crippen LogP contribution in [0.1, 0.15) is 6.92 Å². The molecule has 0 saturated carbocycles. The monoisotopic (exact) mass is 255 g/mol. The molecule has 17 heavy (non-hydrogen) atoms. The summed E-state index contributed by atoms with van der Waals surface area (Å²) in [6, 6.07) is 0. The molecule has 0 fully saturated rings. The Labute approximate surface area is 94.3 Å². The molecular formula is C10H10F5NO. The van der Waals surface area contributed by atoms with Gasteiger partial charge in [-0.1, -0.05) is 0 Å². The van der Waals surface area contributed by atoms with Crippen LogP contribution in [0.5, 0.6) is 0 Å². The van der Waals surface area contributed by atoms with Crippen LogP contribution in [-0.2, 0) is 0 Å². The van der Waals surface area contributed by atoms with Crippen LogP contribution in [-0.4, -0.2) is 24.8 Å². The Kier molecular flexibility index (Phi) is 4.28. The molecule has 1 rings (SSSR count). The van der Waals surface area contributed by atoms with Crippen molar-refractivity contribution in [3.63, 3.8) is 0 Å². The fourth-order valence-electron chi connectivity index (χ4n) is 1.42. The second-order valence-corrected chi connectivity index (χ2v) is 3.22. The summed E-state index contributed by atoms with van der Waals surface area (Å²) in [7, 11) is 0. The van der Waals surface area contributed by atoms with Gasteiger partial charge in [-0.15, -0.1) is 0 Å². The van der Waals surface area contributed by atoms with E-state index >= 15 is 0 Å². The quantitative estimate of drug-likeness (QED) is 0.506. The van der Waals surface area contributed by atoms with Gasteiger partial charge in [0.15, 0.2) is 23.3 Å². The summed E-state index contributed by atoms with van der Waals surface area (Å²) >= 11 is 0. The van der Waals surface area contributed by atoms with Crippen LogP contribution < -0.4 is 4.90 Å². The number of anilines is 1. The summed E-state index contributed by atoms with van der Waals surface area (Å²) < 4.78 is 65.2. The summed E-state index contributed by atoms with van der Waals surface area (Å²) in [6.07, 6.45) is 0. The van der Waals surface area contributed by atoms with Gasteiger partial charge in [0.25, 0.3) is 0 Å². The SMILES string of the molecule is CCN(CCO)c1c(F)c(F)c(F)c(F)c1F. The number of hydrogen-bond acceptors (Lipinski definition) is 2. The summed E-state index contributed by atoms with van der Waals surface area (Å²) in [4.78, 5) is 0.871. The van der Waals surface area contributed by atoms with Gasteiger partial charge < -0.3 is 10.0 Å². The van der Waals surface area contributed by atoms with E-state index in [9.17, 15) is 22.0 Å². The lowest BCUT2D eigenvalue weighted by molar-refractivity contribution is 0.300. The summed E-state index contributed by atoms with van der Waals surface area (Å²) in [5.41, 5.74) is -1.02. The standard InChI is InChI=1S/C10H10F5NO/c1-2-16(3-4-17)10-8(14)6(12)5(11)7(13)9(10)15/h17H,2-4H2,1H3. The minimum atomic E-state index is -2.19. The molecule has 0 amide bonds. The number of nitrogens with zero attached hydrogens (tertiary/aromatic N) is 1. The normalized spacial score (nSPS) is 10.8. The van der Waals surface area contributed by atoms with Crippen LogP contribution in [0.4, 0.5) is 27.6 Å². The van der Waals surface area contributed by atoms with Gasteiger partial charge in [0.1, 0.15) is 5.69 Å². The van der Waals surface area contributed by atoms with Crippen molar-refractivity contribution in [2.45, 2.75) is 6.92 Å². The molecule has 0 aromatic heterocycles.